The van der Waals surface area contributed by atoms with Crippen LogP contribution in [-0.2, 0) is 5.60 Å². The molecular formula is C21H23F2NO. The first kappa shape index (κ1) is 17.8. The molecule has 0 spiro atoms. The molecule has 1 aliphatic rings. The highest BCUT2D eigenvalue weighted by Crippen LogP contribution is 2.28. The maximum Gasteiger partial charge on any atom is 0.123 e. The summed E-state index contributed by atoms with van der Waals surface area (Å²) in [5.41, 5.74) is 1.95. The molecule has 2 aromatic rings. The number of aliphatic hydroxyl groups is 1. The Bertz CT molecular complexity index is 735. The van der Waals surface area contributed by atoms with E-state index in [4.69, 9.17) is 0 Å². The topological polar surface area (TPSA) is 32.3 Å². The van der Waals surface area contributed by atoms with E-state index in [9.17, 15) is 13.9 Å². The van der Waals surface area contributed by atoms with Crippen molar-refractivity contribution in [2.24, 2.45) is 0 Å². The van der Waals surface area contributed by atoms with Crippen LogP contribution in [0.2, 0.25) is 0 Å². The average Bonchev–Trinajstić information content (AvgIpc) is 2.62. The summed E-state index contributed by atoms with van der Waals surface area (Å²) in [6, 6.07) is 12.8. The van der Waals surface area contributed by atoms with Crippen LogP contribution in [0.5, 0.6) is 0 Å². The number of benzene rings is 2. The number of rotatable bonds is 5. The zero-order valence-electron chi connectivity index (χ0n) is 14.3. The molecule has 0 aliphatic heterocycles. The zero-order chi connectivity index (χ0) is 17.9. The summed E-state index contributed by atoms with van der Waals surface area (Å²) >= 11 is 0. The fourth-order valence-corrected chi connectivity index (χ4v) is 3.20. The zero-order valence-corrected chi connectivity index (χ0v) is 14.3. The van der Waals surface area contributed by atoms with Crippen LogP contribution in [0.4, 0.5) is 8.78 Å². The molecule has 2 N–H and O–H groups in total. The summed E-state index contributed by atoms with van der Waals surface area (Å²) in [5.74, 6) is -0.527. The predicted octanol–water partition coefficient (Wildman–Crippen LogP) is 4.40. The highest BCUT2D eigenvalue weighted by Gasteiger charge is 2.25. The molecule has 1 aliphatic carbocycles. The van der Waals surface area contributed by atoms with Crippen LogP contribution in [0.3, 0.4) is 0 Å². The summed E-state index contributed by atoms with van der Waals surface area (Å²) < 4.78 is 26.0. The summed E-state index contributed by atoms with van der Waals surface area (Å²) in [7, 11) is 0. The minimum atomic E-state index is -1.05. The quantitative estimate of drug-likeness (QED) is 0.843. The van der Waals surface area contributed by atoms with Gasteiger partial charge in [-0.3, -0.25) is 0 Å². The van der Waals surface area contributed by atoms with Gasteiger partial charge in [0, 0.05) is 12.6 Å². The lowest BCUT2D eigenvalue weighted by Crippen LogP contribution is -2.41. The number of nitrogens with one attached hydrogen (secondary N) is 1. The van der Waals surface area contributed by atoms with Crippen LogP contribution in [0.1, 0.15) is 37.3 Å². The standard InChI is InChI=1S/C21H23F2NO/c1-21(25,17-6-10-19(23)11-7-17)14-24-20-12-4-16(5-13-20)15-2-8-18(22)9-3-15/h2-4,6-11,20,24-25H,5,12-14H2,1H3/t20-,21-/m0/s1. The van der Waals surface area contributed by atoms with E-state index in [2.05, 4.69) is 11.4 Å². The van der Waals surface area contributed by atoms with E-state index in [1.807, 2.05) is 12.1 Å². The van der Waals surface area contributed by atoms with Crippen molar-refractivity contribution in [2.45, 2.75) is 37.8 Å². The molecule has 2 atom stereocenters. The Balaban J connectivity index is 1.56. The third-order valence-electron chi connectivity index (χ3n) is 4.83. The minimum absolute atomic E-state index is 0.220. The maximum atomic E-state index is 13.0. The average molecular weight is 343 g/mol. The van der Waals surface area contributed by atoms with Crippen molar-refractivity contribution in [1.82, 2.24) is 5.32 Å². The SMILES string of the molecule is C[C@](O)(CN[C@H]1CC=C(c2ccc(F)cc2)CC1)c1ccc(F)cc1. The van der Waals surface area contributed by atoms with Gasteiger partial charge in [0.05, 0.1) is 5.60 Å². The molecular weight excluding hydrogens is 320 g/mol. The second-order valence-electron chi connectivity index (χ2n) is 6.87. The lowest BCUT2D eigenvalue weighted by molar-refractivity contribution is 0.0534. The fraction of sp³-hybridized carbons (Fsp3) is 0.333. The molecule has 3 rings (SSSR count). The molecule has 0 bridgehead atoms. The van der Waals surface area contributed by atoms with Crippen LogP contribution in [0, 0.1) is 11.6 Å². The summed E-state index contributed by atoms with van der Waals surface area (Å²) in [6.07, 6.45) is 4.93. The third-order valence-corrected chi connectivity index (χ3v) is 4.83. The second-order valence-corrected chi connectivity index (χ2v) is 6.87. The molecule has 0 saturated heterocycles. The Morgan fingerprint density at radius 2 is 1.64 bits per heavy atom. The van der Waals surface area contributed by atoms with Gasteiger partial charge in [0.15, 0.2) is 0 Å². The molecule has 0 heterocycles. The van der Waals surface area contributed by atoms with Crippen molar-refractivity contribution in [1.29, 1.82) is 0 Å². The Kier molecular flexibility index (Phi) is 5.30. The highest BCUT2D eigenvalue weighted by molar-refractivity contribution is 5.66. The van der Waals surface area contributed by atoms with Crippen molar-refractivity contribution in [3.63, 3.8) is 0 Å². The predicted molar refractivity (Wildman–Crippen MR) is 96.0 cm³/mol. The van der Waals surface area contributed by atoms with E-state index in [-0.39, 0.29) is 17.7 Å². The number of hydrogen-bond donors (Lipinski definition) is 2. The molecule has 132 valence electrons. The first-order valence-electron chi connectivity index (χ1n) is 8.61. The van der Waals surface area contributed by atoms with E-state index >= 15 is 0 Å². The van der Waals surface area contributed by atoms with Crippen molar-refractivity contribution >= 4 is 5.57 Å². The largest absolute Gasteiger partial charge is 0.384 e. The van der Waals surface area contributed by atoms with Crippen molar-refractivity contribution in [2.75, 3.05) is 6.54 Å². The van der Waals surface area contributed by atoms with Crippen molar-refractivity contribution in [3.05, 3.63) is 77.4 Å². The van der Waals surface area contributed by atoms with Gasteiger partial charge in [0.2, 0.25) is 0 Å². The van der Waals surface area contributed by atoms with E-state index < -0.39 is 5.60 Å². The molecule has 0 saturated carbocycles. The Labute approximate surface area is 147 Å². The maximum absolute atomic E-state index is 13.0. The highest BCUT2D eigenvalue weighted by atomic mass is 19.1. The summed E-state index contributed by atoms with van der Waals surface area (Å²) in [5, 5.41) is 14.0. The first-order chi connectivity index (χ1) is 11.9. The smallest absolute Gasteiger partial charge is 0.123 e. The van der Waals surface area contributed by atoms with Gasteiger partial charge in [0.25, 0.3) is 0 Å². The van der Waals surface area contributed by atoms with Gasteiger partial charge in [0.1, 0.15) is 11.6 Å². The Morgan fingerprint density at radius 3 is 2.20 bits per heavy atom. The summed E-state index contributed by atoms with van der Waals surface area (Å²) in [4.78, 5) is 0. The first-order valence-corrected chi connectivity index (χ1v) is 8.61. The van der Waals surface area contributed by atoms with Crippen LogP contribution >= 0.6 is 0 Å². The van der Waals surface area contributed by atoms with Crippen LogP contribution in [0.15, 0.2) is 54.6 Å². The number of allylic oxidation sites excluding steroid dienone is 1. The van der Waals surface area contributed by atoms with Gasteiger partial charge in [-0.25, -0.2) is 8.78 Å². The van der Waals surface area contributed by atoms with Gasteiger partial charge in [-0.1, -0.05) is 30.3 Å². The molecule has 25 heavy (non-hydrogen) atoms. The molecule has 2 aromatic carbocycles. The summed E-state index contributed by atoms with van der Waals surface area (Å²) in [6.45, 7) is 2.14. The van der Waals surface area contributed by atoms with Gasteiger partial charge >= 0.3 is 0 Å². The molecule has 4 heteroatoms. The van der Waals surface area contributed by atoms with Gasteiger partial charge in [-0.05, 0) is 67.2 Å². The normalized spacial score (nSPS) is 20.0. The van der Waals surface area contributed by atoms with E-state index in [0.717, 1.165) is 24.8 Å². The molecule has 0 amide bonds. The van der Waals surface area contributed by atoms with Gasteiger partial charge in [-0.2, -0.15) is 0 Å². The minimum Gasteiger partial charge on any atom is -0.384 e. The van der Waals surface area contributed by atoms with Crippen LogP contribution in [0.25, 0.3) is 5.57 Å². The van der Waals surface area contributed by atoms with E-state index in [1.54, 1.807) is 19.1 Å². The van der Waals surface area contributed by atoms with Crippen molar-refractivity contribution < 1.29 is 13.9 Å². The lowest BCUT2D eigenvalue weighted by Gasteiger charge is -2.29. The van der Waals surface area contributed by atoms with E-state index in [0.29, 0.717) is 12.1 Å². The Morgan fingerprint density at radius 1 is 1.04 bits per heavy atom. The van der Waals surface area contributed by atoms with Crippen LogP contribution in [-0.4, -0.2) is 17.7 Å². The molecule has 0 aromatic heterocycles. The van der Waals surface area contributed by atoms with E-state index in [1.165, 1.54) is 29.8 Å². The molecule has 0 radical (unpaired) electrons. The monoisotopic (exact) mass is 343 g/mol. The molecule has 0 fully saturated rings. The number of halogens is 2. The van der Waals surface area contributed by atoms with Crippen molar-refractivity contribution in [3.8, 4) is 0 Å². The lowest BCUT2D eigenvalue weighted by atomic mass is 9.89. The van der Waals surface area contributed by atoms with Gasteiger partial charge in [-0.15, -0.1) is 0 Å². The fourth-order valence-electron chi connectivity index (χ4n) is 3.20. The van der Waals surface area contributed by atoms with Crippen LogP contribution < -0.4 is 5.32 Å². The Hall–Kier alpha value is -2.04. The third kappa shape index (κ3) is 4.53. The van der Waals surface area contributed by atoms with Gasteiger partial charge < -0.3 is 10.4 Å². The molecule has 2 nitrogen and oxygen atoms in total. The molecule has 0 unspecified atom stereocenters. The second kappa shape index (κ2) is 7.46. The number of hydrogen-bond acceptors (Lipinski definition) is 2.